The normalized spacial score (nSPS) is 11.4. The summed E-state index contributed by atoms with van der Waals surface area (Å²) in [5.41, 5.74) is 14.1. The number of para-hydroxylation sites is 2. The first-order chi connectivity index (χ1) is 28.8. The first-order valence-electron chi connectivity index (χ1n) is 19.9. The van der Waals surface area contributed by atoms with Crippen LogP contribution in [-0.4, -0.2) is 4.57 Å². The van der Waals surface area contributed by atoms with E-state index in [9.17, 15) is 0 Å². The Hall–Kier alpha value is -7.68. The average Bonchev–Trinajstić information content (AvgIpc) is 3.63. The smallest absolute Gasteiger partial charge is 0.0547 e. The van der Waals surface area contributed by atoms with Gasteiger partial charge in [0.2, 0.25) is 0 Å². The third kappa shape index (κ3) is 5.82. The Labute approximate surface area is 338 Å². The largest absolute Gasteiger partial charge is 0.310 e. The number of fused-ring (bicyclic) bond motifs is 5. The molecular weight excluding hydrogens is 701 g/mol. The number of nitrogens with zero attached hydrogens (tertiary/aromatic N) is 2. The molecule has 0 unspecified atom stereocenters. The predicted octanol–water partition coefficient (Wildman–Crippen LogP) is 15.6. The molecule has 0 spiro atoms. The van der Waals surface area contributed by atoms with Crippen molar-refractivity contribution in [2.45, 2.75) is 0 Å². The fraction of sp³-hybridized carbons (Fsp3) is 0. The van der Waals surface area contributed by atoms with Crippen LogP contribution in [0, 0.1) is 0 Å². The molecular formula is C56H38N2. The lowest BCUT2D eigenvalue weighted by atomic mass is 9.97. The monoisotopic (exact) mass is 738 g/mol. The molecule has 272 valence electrons. The van der Waals surface area contributed by atoms with Gasteiger partial charge in [0.15, 0.2) is 0 Å². The van der Waals surface area contributed by atoms with Gasteiger partial charge < -0.3 is 9.47 Å². The summed E-state index contributed by atoms with van der Waals surface area (Å²) in [5, 5.41) is 7.45. The number of hydrogen-bond acceptors (Lipinski definition) is 1. The number of hydrogen-bond donors (Lipinski definition) is 0. The Morgan fingerprint density at radius 3 is 1.53 bits per heavy atom. The summed E-state index contributed by atoms with van der Waals surface area (Å²) >= 11 is 0. The zero-order valence-electron chi connectivity index (χ0n) is 31.8. The van der Waals surface area contributed by atoms with Crippen molar-refractivity contribution in [3.05, 3.63) is 231 Å². The molecule has 0 aliphatic carbocycles. The minimum absolute atomic E-state index is 1.12. The molecule has 0 radical (unpaired) electrons. The summed E-state index contributed by atoms with van der Waals surface area (Å²) in [7, 11) is 0. The maximum atomic E-state index is 2.43. The van der Waals surface area contributed by atoms with E-state index in [1.54, 1.807) is 0 Å². The van der Waals surface area contributed by atoms with Gasteiger partial charge in [-0.2, -0.15) is 0 Å². The fourth-order valence-corrected chi connectivity index (χ4v) is 8.79. The van der Waals surface area contributed by atoms with E-state index in [4.69, 9.17) is 0 Å². The molecule has 0 aliphatic heterocycles. The Bertz CT molecular complexity index is 3260. The van der Waals surface area contributed by atoms with E-state index < -0.39 is 0 Å². The molecule has 11 aromatic rings. The maximum Gasteiger partial charge on any atom is 0.0547 e. The van der Waals surface area contributed by atoms with Gasteiger partial charge in [-0.1, -0.05) is 170 Å². The first kappa shape index (κ1) is 33.6. The van der Waals surface area contributed by atoms with Gasteiger partial charge in [0, 0.05) is 33.2 Å². The highest BCUT2D eigenvalue weighted by atomic mass is 15.1. The predicted molar refractivity (Wildman–Crippen MR) is 247 cm³/mol. The van der Waals surface area contributed by atoms with E-state index in [0.29, 0.717) is 0 Å². The van der Waals surface area contributed by atoms with Crippen molar-refractivity contribution in [1.82, 2.24) is 4.57 Å². The quantitative estimate of drug-likeness (QED) is 0.158. The van der Waals surface area contributed by atoms with Crippen molar-refractivity contribution < 1.29 is 0 Å². The summed E-state index contributed by atoms with van der Waals surface area (Å²) in [4.78, 5) is 2.36. The second-order valence-electron chi connectivity index (χ2n) is 15.0. The highest BCUT2D eigenvalue weighted by Gasteiger charge is 2.17. The molecule has 0 aliphatic rings. The van der Waals surface area contributed by atoms with Gasteiger partial charge in [-0.25, -0.2) is 0 Å². The van der Waals surface area contributed by atoms with Crippen LogP contribution in [0.25, 0.3) is 82.4 Å². The summed E-state index contributed by atoms with van der Waals surface area (Å²) in [6.45, 7) is 0. The topological polar surface area (TPSA) is 8.17 Å². The Morgan fingerprint density at radius 2 is 0.793 bits per heavy atom. The van der Waals surface area contributed by atoms with Crippen LogP contribution in [0.4, 0.5) is 17.1 Å². The van der Waals surface area contributed by atoms with E-state index in [-0.39, 0.29) is 0 Å². The van der Waals surface area contributed by atoms with Gasteiger partial charge in [-0.15, -0.1) is 0 Å². The van der Waals surface area contributed by atoms with Crippen LogP contribution in [0.5, 0.6) is 0 Å². The Morgan fingerprint density at radius 1 is 0.293 bits per heavy atom. The van der Waals surface area contributed by atoms with Gasteiger partial charge in [0.1, 0.15) is 0 Å². The average molecular weight is 739 g/mol. The standard InChI is InChI=1S/C56H38N2/c1-3-20-46(21-4-1)57(54-27-13-17-41-15-8-10-25-51(41)54)48-32-28-39(29-33-48)42-18-11-19-43(36-42)44-30-34-52-53-35-31-45(50-26-12-16-40-14-7-9-24-49(40)50)38-56(53)58(55(52)37-44)47-22-5-2-6-23-47/h1-38H. The molecule has 10 aromatic carbocycles. The lowest BCUT2D eigenvalue weighted by Gasteiger charge is -2.27. The van der Waals surface area contributed by atoms with E-state index >= 15 is 0 Å². The molecule has 0 N–H and O–H groups in total. The van der Waals surface area contributed by atoms with Crippen molar-refractivity contribution in [3.8, 4) is 39.1 Å². The molecule has 0 saturated carbocycles. The molecule has 0 bridgehead atoms. The lowest BCUT2D eigenvalue weighted by Crippen LogP contribution is -2.10. The van der Waals surface area contributed by atoms with Crippen molar-refractivity contribution in [2.75, 3.05) is 4.90 Å². The van der Waals surface area contributed by atoms with E-state index in [1.165, 1.54) is 76.7 Å². The lowest BCUT2D eigenvalue weighted by molar-refractivity contribution is 1.18. The van der Waals surface area contributed by atoms with Crippen LogP contribution in [0.1, 0.15) is 0 Å². The van der Waals surface area contributed by atoms with Crippen molar-refractivity contribution in [3.63, 3.8) is 0 Å². The highest BCUT2D eigenvalue weighted by Crippen LogP contribution is 2.41. The zero-order valence-corrected chi connectivity index (χ0v) is 31.8. The van der Waals surface area contributed by atoms with E-state index in [0.717, 1.165) is 22.7 Å². The minimum atomic E-state index is 1.12. The maximum absolute atomic E-state index is 2.43. The van der Waals surface area contributed by atoms with Crippen molar-refractivity contribution >= 4 is 60.4 Å². The third-order valence-electron chi connectivity index (χ3n) is 11.6. The molecule has 0 atom stereocenters. The van der Waals surface area contributed by atoms with Crippen LogP contribution < -0.4 is 4.90 Å². The minimum Gasteiger partial charge on any atom is -0.310 e. The number of aromatic nitrogens is 1. The van der Waals surface area contributed by atoms with Crippen LogP contribution >= 0.6 is 0 Å². The van der Waals surface area contributed by atoms with Gasteiger partial charge in [-0.05, 0) is 110 Å². The number of anilines is 3. The third-order valence-corrected chi connectivity index (χ3v) is 11.6. The van der Waals surface area contributed by atoms with E-state index in [2.05, 4.69) is 240 Å². The molecule has 11 rings (SSSR count). The van der Waals surface area contributed by atoms with Gasteiger partial charge >= 0.3 is 0 Å². The highest BCUT2D eigenvalue weighted by molar-refractivity contribution is 6.12. The Kier molecular flexibility index (Phi) is 8.19. The summed E-state index contributed by atoms with van der Waals surface area (Å²) in [6, 6.07) is 83.6. The molecule has 0 amide bonds. The molecule has 1 aromatic heterocycles. The molecule has 2 heteroatoms. The number of rotatable bonds is 7. The van der Waals surface area contributed by atoms with Crippen LogP contribution in [-0.2, 0) is 0 Å². The second-order valence-corrected chi connectivity index (χ2v) is 15.0. The van der Waals surface area contributed by atoms with Gasteiger partial charge in [-0.3, -0.25) is 0 Å². The molecule has 1 heterocycles. The second kappa shape index (κ2) is 14.1. The molecule has 58 heavy (non-hydrogen) atoms. The SMILES string of the molecule is c1ccc(N(c2ccc(-c3cccc(-c4ccc5c6ccc(-c7cccc8ccccc78)cc6n(-c6ccccc6)c5c4)c3)cc2)c2cccc3ccccc23)cc1. The zero-order chi connectivity index (χ0) is 38.4. The van der Waals surface area contributed by atoms with Gasteiger partial charge in [0.25, 0.3) is 0 Å². The van der Waals surface area contributed by atoms with Gasteiger partial charge in [0.05, 0.1) is 16.7 Å². The molecule has 0 fully saturated rings. The first-order valence-corrected chi connectivity index (χ1v) is 19.9. The summed E-state index contributed by atoms with van der Waals surface area (Å²) in [5.74, 6) is 0. The summed E-state index contributed by atoms with van der Waals surface area (Å²) < 4.78 is 2.43. The van der Waals surface area contributed by atoms with Crippen LogP contribution in [0.2, 0.25) is 0 Å². The van der Waals surface area contributed by atoms with E-state index in [1.807, 2.05) is 0 Å². The summed E-state index contributed by atoms with van der Waals surface area (Å²) in [6.07, 6.45) is 0. The van der Waals surface area contributed by atoms with Crippen molar-refractivity contribution in [2.24, 2.45) is 0 Å². The molecule has 2 nitrogen and oxygen atoms in total. The van der Waals surface area contributed by atoms with Crippen LogP contribution in [0.3, 0.4) is 0 Å². The van der Waals surface area contributed by atoms with Crippen LogP contribution in [0.15, 0.2) is 231 Å². The molecule has 0 saturated heterocycles. The fourth-order valence-electron chi connectivity index (χ4n) is 8.79. The Balaban J connectivity index is 0.994. The number of benzene rings is 10. The van der Waals surface area contributed by atoms with Crippen molar-refractivity contribution in [1.29, 1.82) is 0 Å².